The van der Waals surface area contributed by atoms with Gasteiger partial charge in [0.2, 0.25) is 0 Å². The zero-order chi connectivity index (χ0) is 10.7. The molecule has 1 aromatic heterocycles. The maximum Gasteiger partial charge on any atom is 0.167 e. The van der Waals surface area contributed by atoms with Crippen LogP contribution in [0.3, 0.4) is 0 Å². The second-order valence-corrected chi connectivity index (χ2v) is 4.09. The minimum atomic E-state index is -0.516. The lowest BCUT2D eigenvalue weighted by molar-refractivity contribution is 0.178. The van der Waals surface area contributed by atoms with E-state index in [1.807, 2.05) is 6.07 Å². The van der Waals surface area contributed by atoms with Crippen molar-refractivity contribution in [3.63, 3.8) is 0 Å². The summed E-state index contributed by atoms with van der Waals surface area (Å²) in [5.74, 6) is 0. The van der Waals surface area contributed by atoms with Crippen molar-refractivity contribution in [2.45, 2.75) is 26.0 Å². The Morgan fingerprint density at radius 3 is 2.79 bits per heavy atom. The van der Waals surface area contributed by atoms with Gasteiger partial charge in [0.1, 0.15) is 16.6 Å². The normalized spacial score (nSPS) is 14.5. The van der Waals surface area contributed by atoms with Crippen molar-refractivity contribution < 1.29 is 5.11 Å². The third-order valence-electron chi connectivity index (χ3n) is 1.85. The van der Waals surface area contributed by atoms with Crippen molar-refractivity contribution in [2.24, 2.45) is 0 Å². The van der Waals surface area contributed by atoms with Crippen LogP contribution in [-0.2, 0) is 0 Å². The molecule has 0 bridgehead atoms. The molecular formula is C8H10ClN3OS. The van der Waals surface area contributed by atoms with E-state index in [1.165, 1.54) is 0 Å². The van der Waals surface area contributed by atoms with Crippen molar-refractivity contribution in [1.29, 1.82) is 5.26 Å². The van der Waals surface area contributed by atoms with E-state index < -0.39 is 6.10 Å². The predicted molar refractivity (Wildman–Crippen MR) is 56.6 cm³/mol. The highest BCUT2D eigenvalue weighted by molar-refractivity contribution is 7.07. The van der Waals surface area contributed by atoms with E-state index in [2.05, 4.69) is 9.69 Å². The molecule has 2 atom stereocenters. The molecule has 1 rings (SSSR count). The molecule has 0 spiro atoms. The fourth-order valence-corrected chi connectivity index (χ4v) is 1.68. The van der Waals surface area contributed by atoms with Crippen LogP contribution in [-0.4, -0.2) is 21.6 Å². The minimum Gasteiger partial charge on any atom is -0.391 e. The number of rotatable bonds is 3. The van der Waals surface area contributed by atoms with Crippen LogP contribution in [0.15, 0.2) is 0 Å². The lowest BCUT2D eigenvalue weighted by atomic mass is 10.2. The molecule has 2 N–H and O–H groups in total. The Labute approximate surface area is 91.3 Å². The van der Waals surface area contributed by atoms with E-state index in [-0.39, 0.29) is 11.2 Å². The van der Waals surface area contributed by atoms with E-state index in [0.29, 0.717) is 10.6 Å². The van der Waals surface area contributed by atoms with Gasteiger partial charge in [0, 0.05) is 6.04 Å². The zero-order valence-corrected chi connectivity index (χ0v) is 9.35. The Hall–Kier alpha value is -0.830. The second kappa shape index (κ2) is 4.60. The van der Waals surface area contributed by atoms with Crippen molar-refractivity contribution in [3.8, 4) is 6.07 Å². The average molecular weight is 232 g/mol. The zero-order valence-electron chi connectivity index (χ0n) is 7.78. The van der Waals surface area contributed by atoms with E-state index in [0.717, 1.165) is 11.5 Å². The minimum absolute atomic E-state index is 0.170. The van der Waals surface area contributed by atoms with E-state index in [9.17, 15) is 5.11 Å². The Balaban J connectivity index is 2.86. The third-order valence-corrected chi connectivity index (χ3v) is 2.97. The highest BCUT2D eigenvalue weighted by atomic mass is 35.5. The van der Waals surface area contributed by atoms with Crippen LogP contribution in [0.2, 0.25) is 5.15 Å². The average Bonchev–Trinajstić information content (AvgIpc) is 2.47. The van der Waals surface area contributed by atoms with Gasteiger partial charge in [0.05, 0.1) is 6.10 Å². The molecule has 2 unspecified atom stereocenters. The molecule has 0 aliphatic rings. The van der Waals surface area contributed by atoms with Gasteiger partial charge in [0.15, 0.2) is 5.15 Å². The predicted octanol–water partition coefficient (Wildman–Crippen LogP) is 1.85. The Kier molecular flexibility index (Phi) is 3.69. The fourth-order valence-electron chi connectivity index (χ4n) is 0.820. The van der Waals surface area contributed by atoms with Gasteiger partial charge in [0.25, 0.3) is 0 Å². The quantitative estimate of drug-likeness (QED) is 0.833. The van der Waals surface area contributed by atoms with Crippen LogP contribution in [0.25, 0.3) is 0 Å². The molecule has 0 amide bonds. The number of hydrogen-bond donors (Lipinski definition) is 2. The molecule has 1 aromatic rings. The molecular weight excluding hydrogens is 222 g/mol. The Morgan fingerprint density at radius 1 is 1.64 bits per heavy atom. The summed E-state index contributed by atoms with van der Waals surface area (Å²) in [6, 6.07) is 1.82. The largest absolute Gasteiger partial charge is 0.391 e. The summed E-state index contributed by atoms with van der Waals surface area (Å²) in [5.41, 5.74) is 0.507. The molecule has 6 heteroatoms. The van der Waals surface area contributed by atoms with Gasteiger partial charge < -0.3 is 10.4 Å². The summed E-state index contributed by atoms with van der Waals surface area (Å²) < 4.78 is 3.84. The van der Waals surface area contributed by atoms with Crippen LogP contribution in [0.1, 0.15) is 18.7 Å². The SMILES string of the molecule is CC(O)C(C)Nc1c(Cl)nsc1C#N. The first-order valence-electron chi connectivity index (χ1n) is 4.06. The molecule has 0 aromatic carbocycles. The van der Waals surface area contributed by atoms with Gasteiger partial charge >= 0.3 is 0 Å². The fraction of sp³-hybridized carbons (Fsp3) is 0.500. The van der Waals surface area contributed by atoms with Crippen LogP contribution in [0.4, 0.5) is 5.69 Å². The molecule has 0 fully saturated rings. The maximum atomic E-state index is 9.27. The number of anilines is 1. The molecule has 14 heavy (non-hydrogen) atoms. The number of aliphatic hydroxyl groups is 1. The number of aromatic nitrogens is 1. The van der Waals surface area contributed by atoms with E-state index in [4.69, 9.17) is 16.9 Å². The highest BCUT2D eigenvalue weighted by Gasteiger charge is 2.16. The smallest absolute Gasteiger partial charge is 0.167 e. The summed E-state index contributed by atoms with van der Waals surface area (Å²) >= 11 is 6.82. The second-order valence-electron chi connectivity index (χ2n) is 2.96. The summed E-state index contributed by atoms with van der Waals surface area (Å²) in [4.78, 5) is 0.433. The Morgan fingerprint density at radius 2 is 2.29 bits per heavy atom. The van der Waals surface area contributed by atoms with Gasteiger partial charge in [-0.1, -0.05) is 11.6 Å². The highest BCUT2D eigenvalue weighted by Crippen LogP contribution is 2.29. The van der Waals surface area contributed by atoms with Crippen molar-refractivity contribution >= 4 is 28.8 Å². The molecule has 76 valence electrons. The van der Waals surface area contributed by atoms with Gasteiger partial charge in [-0.2, -0.15) is 9.64 Å². The molecule has 0 saturated carbocycles. The van der Waals surface area contributed by atoms with Gasteiger partial charge in [-0.3, -0.25) is 0 Å². The third kappa shape index (κ3) is 2.35. The number of hydrogen-bond acceptors (Lipinski definition) is 5. The maximum absolute atomic E-state index is 9.27. The van der Waals surface area contributed by atoms with E-state index >= 15 is 0 Å². The first-order valence-corrected chi connectivity index (χ1v) is 5.21. The monoisotopic (exact) mass is 231 g/mol. The molecule has 0 aliphatic heterocycles. The van der Waals surface area contributed by atoms with Gasteiger partial charge in [-0.15, -0.1) is 0 Å². The molecule has 0 saturated heterocycles. The summed E-state index contributed by atoms with van der Waals surface area (Å²) in [6.45, 7) is 3.47. The summed E-state index contributed by atoms with van der Waals surface area (Å²) in [7, 11) is 0. The molecule has 1 heterocycles. The van der Waals surface area contributed by atoms with Crippen molar-refractivity contribution in [3.05, 3.63) is 10.0 Å². The standard InChI is InChI=1S/C8H10ClN3OS/c1-4(5(2)13)11-7-6(3-10)14-12-8(7)9/h4-5,11,13H,1-2H3. The first-order chi connectivity index (χ1) is 6.56. The van der Waals surface area contributed by atoms with Crippen LogP contribution < -0.4 is 5.32 Å². The number of aliphatic hydroxyl groups excluding tert-OH is 1. The molecule has 0 aliphatic carbocycles. The van der Waals surface area contributed by atoms with Crippen molar-refractivity contribution in [2.75, 3.05) is 5.32 Å². The number of nitrogens with one attached hydrogen (secondary N) is 1. The topological polar surface area (TPSA) is 68.9 Å². The Bertz CT molecular complexity index is 358. The van der Waals surface area contributed by atoms with Gasteiger partial charge in [-0.05, 0) is 25.4 Å². The summed E-state index contributed by atoms with van der Waals surface area (Å²) in [5, 5.41) is 21.2. The molecule has 0 radical (unpaired) electrons. The van der Waals surface area contributed by atoms with Gasteiger partial charge in [-0.25, -0.2) is 0 Å². The number of nitriles is 1. The van der Waals surface area contributed by atoms with Crippen LogP contribution in [0, 0.1) is 11.3 Å². The van der Waals surface area contributed by atoms with Crippen LogP contribution >= 0.6 is 23.1 Å². The number of halogens is 1. The number of nitrogens with zero attached hydrogens (tertiary/aromatic N) is 2. The lowest BCUT2D eigenvalue weighted by Gasteiger charge is -2.16. The summed E-state index contributed by atoms with van der Waals surface area (Å²) in [6.07, 6.45) is -0.516. The van der Waals surface area contributed by atoms with Crippen molar-refractivity contribution in [1.82, 2.24) is 4.37 Å². The molecule has 4 nitrogen and oxygen atoms in total. The van der Waals surface area contributed by atoms with E-state index in [1.54, 1.807) is 13.8 Å². The first kappa shape index (κ1) is 11.2. The van der Waals surface area contributed by atoms with Crippen LogP contribution in [0.5, 0.6) is 0 Å². The lowest BCUT2D eigenvalue weighted by Crippen LogP contribution is -2.28.